The van der Waals surface area contributed by atoms with E-state index in [9.17, 15) is 4.79 Å². The first-order valence-electron chi connectivity index (χ1n) is 5.61. The molecule has 0 heterocycles. The van der Waals surface area contributed by atoms with Gasteiger partial charge in [-0.2, -0.15) is 0 Å². The van der Waals surface area contributed by atoms with E-state index in [1.54, 1.807) is 0 Å². The molecule has 0 fully saturated rings. The smallest absolute Gasteiger partial charge is 0.217 e. The van der Waals surface area contributed by atoms with Crippen LogP contribution in [0.15, 0.2) is 30.3 Å². The summed E-state index contributed by atoms with van der Waals surface area (Å²) in [5.74, 6) is -0.182. The van der Waals surface area contributed by atoms with Crippen LogP contribution in [0.3, 0.4) is 0 Å². The summed E-state index contributed by atoms with van der Waals surface area (Å²) in [7, 11) is 0. The van der Waals surface area contributed by atoms with Crippen LogP contribution < -0.4 is 5.73 Å². The Labute approximate surface area is 91.5 Å². The van der Waals surface area contributed by atoms with E-state index in [4.69, 9.17) is 5.73 Å². The van der Waals surface area contributed by atoms with E-state index in [1.165, 1.54) is 18.4 Å². The van der Waals surface area contributed by atoms with Crippen LogP contribution in [-0.4, -0.2) is 5.91 Å². The zero-order chi connectivity index (χ0) is 10.9. The van der Waals surface area contributed by atoms with Crippen LogP contribution in [0, 0.1) is 0 Å². The zero-order valence-electron chi connectivity index (χ0n) is 9.11. The zero-order valence-corrected chi connectivity index (χ0v) is 9.11. The highest BCUT2D eigenvalue weighted by Crippen LogP contribution is 2.08. The van der Waals surface area contributed by atoms with Gasteiger partial charge >= 0.3 is 0 Å². The summed E-state index contributed by atoms with van der Waals surface area (Å²) in [6, 6.07) is 10.5. The second kappa shape index (κ2) is 7.04. The van der Waals surface area contributed by atoms with Crippen LogP contribution in [0.2, 0.25) is 0 Å². The van der Waals surface area contributed by atoms with Crippen molar-refractivity contribution < 1.29 is 4.79 Å². The van der Waals surface area contributed by atoms with Gasteiger partial charge in [0.2, 0.25) is 5.91 Å². The third kappa shape index (κ3) is 5.89. The number of nitrogens with two attached hydrogens (primary N) is 1. The molecule has 1 rings (SSSR count). The lowest BCUT2D eigenvalue weighted by Gasteiger charge is -2.01. The first kappa shape index (κ1) is 11.8. The van der Waals surface area contributed by atoms with Gasteiger partial charge in [0, 0.05) is 6.42 Å². The number of benzene rings is 1. The summed E-state index contributed by atoms with van der Waals surface area (Å²) < 4.78 is 0. The Morgan fingerprint density at radius 2 is 1.67 bits per heavy atom. The average molecular weight is 205 g/mol. The van der Waals surface area contributed by atoms with Crippen molar-refractivity contribution in [3.63, 3.8) is 0 Å². The topological polar surface area (TPSA) is 43.1 Å². The second-order valence-electron chi connectivity index (χ2n) is 3.87. The average Bonchev–Trinajstić information content (AvgIpc) is 2.24. The first-order chi connectivity index (χ1) is 7.29. The van der Waals surface area contributed by atoms with Gasteiger partial charge in [0.25, 0.3) is 0 Å². The molecule has 1 amide bonds. The van der Waals surface area contributed by atoms with Crippen molar-refractivity contribution in [2.24, 2.45) is 5.73 Å². The van der Waals surface area contributed by atoms with Crippen molar-refractivity contribution in [3.05, 3.63) is 35.9 Å². The maximum Gasteiger partial charge on any atom is 0.217 e. The number of hydrogen-bond acceptors (Lipinski definition) is 1. The monoisotopic (exact) mass is 205 g/mol. The fourth-order valence-corrected chi connectivity index (χ4v) is 1.63. The van der Waals surface area contributed by atoms with E-state index in [0.29, 0.717) is 6.42 Å². The maximum absolute atomic E-state index is 10.5. The minimum atomic E-state index is -0.182. The molecule has 2 N–H and O–H groups in total. The van der Waals surface area contributed by atoms with E-state index >= 15 is 0 Å². The molecule has 0 bridgehead atoms. The molecule has 0 aliphatic heterocycles. The standard InChI is InChI=1S/C13H19NO/c14-13(15)11-7-2-1-4-8-12-9-5-3-6-10-12/h3,5-6,9-10H,1-2,4,7-8,11H2,(H2,14,15). The van der Waals surface area contributed by atoms with Gasteiger partial charge in [-0.1, -0.05) is 43.2 Å². The minimum Gasteiger partial charge on any atom is -0.370 e. The summed E-state index contributed by atoms with van der Waals surface area (Å²) in [5.41, 5.74) is 6.46. The molecule has 0 saturated heterocycles. The van der Waals surface area contributed by atoms with Crippen molar-refractivity contribution in [3.8, 4) is 0 Å². The molecule has 0 aliphatic carbocycles. The molecule has 0 unspecified atom stereocenters. The van der Waals surface area contributed by atoms with Crippen molar-refractivity contribution in [2.45, 2.75) is 38.5 Å². The van der Waals surface area contributed by atoms with Gasteiger partial charge in [-0.3, -0.25) is 4.79 Å². The van der Waals surface area contributed by atoms with E-state index in [0.717, 1.165) is 19.3 Å². The number of carbonyl (C=O) groups is 1. The minimum absolute atomic E-state index is 0.182. The summed E-state index contributed by atoms with van der Waals surface area (Å²) >= 11 is 0. The van der Waals surface area contributed by atoms with Crippen LogP contribution in [0.1, 0.15) is 37.7 Å². The van der Waals surface area contributed by atoms with Gasteiger partial charge in [0.15, 0.2) is 0 Å². The van der Waals surface area contributed by atoms with Crippen LogP contribution in [0.25, 0.3) is 0 Å². The van der Waals surface area contributed by atoms with E-state index in [-0.39, 0.29) is 5.91 Å². The fraction of sp³-hybridized carbons (Fsp3) is 0.462. The lowest BCUT2D eigenvalue weighted by Crippen LogP contribution is -2.09. The summed E-state index contributed by atoms with van der Waals surface area (Å²) in [5, 5.41) is 0. The quantitative estimate of drug-likeness (QED) is 0.683. The predicted molar refractivity (Wildman–Crippen MR) is 62.4 cm³/mol. The Morgan fingerprint density at radius 1 is 1.00 bits per heavy atom. The molecule has 0 saturated carbocycles. The van der Waals surface area contributed by atoms with Crippen LogP contribution in [0.4, 0.5) is 0 Å². The van der Waals surface area contributed by atoms with Gasteiger partial charge in [-0.05, 0) is 24.8 Å². The van der Waals surface area contributed by atoms with Gasteiger partial charge in [-0.15, -0.1) is 0 Å². The summed E-state index contributed by atoms with van der Waals surface area (Å²) in [6.45, 7) is 0. The largest absolute Gasteiger partial charge is 0.370 e. The highest BCUT2D eigenvalue weighted by molar-refractivity contribution is 5.73. The molecule has 1 aromatic carbocycles. The van der Waals surface area contributed by atoms with Crippen molar-refractivity contribution in [1.82, 2.24) is 0 Å². The van der Waals surface area contributed by atoms with Gasteiger partial charge in [0.05, 0.1) is 0 Å². The maximum atomic E-state index is 10.5. The number of hydrogen-bond donors (Lipinski definition) is 1. The predicted octanol–water partition coefficient (Wildman–Crippen LogP) is 2.66. The lowest BCUT2D eigenvalue weighted by molar-refractivity contribution is -0.118. The van der Waals surface area contributed by atoms with E-state index < -0.39 is 0 Å². The highest BCUT2D eigenvalue weighted by Gasteiger charge is 1.95. The molecule has 2 heteroatoms. The van der Waals surface area contributed by atoms with Crippen LogP contribution in [-0.2, 0) is 11.2 Å². The Hall–Kier alpha value is -1.31. The van der Waals surface area contributed by atoms with E-state index in [2.05, 4.69) is 24.3 Å². The molecule has 1 aromatic rings. The SMILES string of the molecule is NC(=O)CCCCCCc1ccccc1. The normalized spacial score (nSPS) is 10.1. The third-order valence-electron chi connectivity index (χ3n) is 2.48. The lowest BCUT2D eigenvalue weighted by atomic mass is 10.1. The molecule has 82 valence electrons. The number of rotatable bonds is 7. The fourth-order valence-electron chi connectivity index (χ4n) is 1.63. The number of carbonyl (C=O) groups excluding carboxylic acids is 1. The molecule has 0 spiro atoms. The van der Waals surface area contributed by atoms with Crippen LogP contribution >= 0.6 is 0 Å². The van der Waals surface area contributed by atoms with Gasteiger partial charge < -0.3 is 5.73 Å². The Kier molecular flexibility index (Phi) is 5.52. The van der Waals surface area contributed by atoms with Crippen molar-refractivity contribution >= 4 is 5.91 Å². The molecular formula is C13H19NO. The second-order valence-corrected chi connectivity index (χ2v) is 3.87. The Bertz CT molecular complexity index is 282. The molecule has 15 heavy (non-hydrogen) atoms. The third-order valence-corrected chi connectivity index (χ3v) is 2.48. The molecular weight excluding hydrogens is 186 g/mol. The number of amides is 1. The molecule has 2 nitrogen and oxygen atoms in total. The highest BCUT2D eigenvalue weighted by atomic mass is 16.1. The number of unbranched alkanes of at least 4 members (excludes halogenated alkanes) is 3. The van der Waals surface area contributed by atoms with E-state index in [1.807, 2.05) is 6.07 Å². The molecule has 0 aromatic heterocycles. The first-order valence-corrected chi connectivity index (χ1v) is 5.61. The van der Waals surface area contributed by atoms with Crippen molar-refractivity contribution in [1.29, 1.82) is 0 Å². The summed E-state index contributed by atoms with van der Waals surface area (Å²) in [6.07, 6.45) is 6.09. The molecule has 0 aliphatic rings. The summed E-state index contributed by atoms with van der Waals surface area (Å²) in [4.78, 5) is 10.5. The number of primary amides is 1. The number of aryl methyl sites for hydroxylation is 1. The van der Waals surface area contributed by atoms with Gasteiger partial charge in [0.1, 0.15) is 0 Å². The van der Waals surface area contributed by atoms with Crippen molar-refractivity contribution in [2.75, 3.05) is 0 Å². The Morgan fingerprint density at radius 3 is 2.33 bits per heavy atom. The Balaban J connectivity index is 2.00. The van der Waals surface area contributed by atoms with Crippen LogP contribution in [0.5, 0.6) is 0 Å². The van der Waals surface area contributed by atoms with Gasteiger partial charge in [-0.25, -0.2) is 0 Å². The molecule has 0 atom stereocenters. The molecule has 0 radical (unpaired) electrons.